The monoisotopic (exact) mass is 363 g/mol. The number of sulfonamides is 1. The number of aromatic carboxylic acids is 1. The molecule has 134 valence electrons. The first kappa shape index (κ1) is 17.6. The summed E-state index contributed by atoms with van der Waals surface area (Å²) in [5.74, 6) is -0.0887. The van der Waals surface area contributed by atoms with Crippen molar-refractivity contribution in [1.82, 2.24) is 14.3 Å². The molecule has 0 atom stereocenters. The van der Waals surface area contributed by atoms with Gasteiger partial charge in [-0.3, -0.25) is 0 Å². The van der Waals surface area contributed by atoms with E-state index >= 15 is 0 Å². The van der Waals surface area contributed by atoms with E-state index in [1.165, 1.54) is 18.2 Å². The maximum absolute atomic E-state index is 12.5. The largest absolute Gasteiger partial charge is 0.478 e. The molecule has 8 heteroatoms. The lowest BCUT2D eigenvalue weighted by molar-refractivity contribution is 0.0696. The number of nitrogens with zero attached hydrogens (tertiary/aromatic N) is 2. The Bertz CT molecular complexity index is 879. The van der Waals surface area contributed by atoms with Crippen LogP contribution >= 0.6 is 0 Å². The number of carboxylic acids is 1. The van der Waals surface area contributed by atoms with Gasteiger partial charge in [-0.05, 0) is 37.5 Å². The number of fused-ring (bicyclic) bond motifs is 1. The van der Waals surface area contributed by atoms with Crippen molar-refractivity contribution in [3.63, 3.8) is 0 Å². The van der Waals surface area contributed by atoms with Gasteiger partial charge in [0.1, 0.15) is 5.82 Å². The lowest BCUT2D eigenvalue weighted by atomic mass is 10.1. The fraction of sp³-hybridized carbons (Fsp3) is 0.412. The van der Waals surface area contributed by atoms with Crippen LogP contribution in [0.2, 0.25) is 0 Å². The van der Waals surface area contributed by atoms with Gasteiger partial charge in [0.15, 0.2) is 0 Å². The van der Waals surface area contributed by atoms with E-state index in [2.05, 4.69) is 14.3 Å². The van der Waals surface area contributed by atoms with Crippen LogP contribution in [0.25, 0.3) is 0 Å². The predicted molar refractivity (Wildman–Crippen MR) is 92.2 cm³/mol. The first-order valence-corrected chi connectivity index (χ1v) is 9.74. The van der Waals surface area contributed by atoms with Crippen LogP contribution in [0.5, 0.6) is 0 Å². The molecule has 1 aromatic carbocycles. The highest BCUT2D eigenvalue weighted by atomic mass is 32.2. The molecule has 0 fully saturated rings. The van der Waals surface area contributed by atoms with E-state index in [0.29, 0.717) is 12.0 Å². The number of hydrogen-bond acceptors (Lipinski definition) is 4. The zero-order chi connectivity index (χ0) is 18.0. The average molecular weight is 363 g/mol. The molecule has 7 nitrogen and oxygen atoms in total. The van der Waals surface area contributed by atoms with Crippen molar-refractivity contribution in [3.8, 4) is 0 Å². The normalized spacial score (nSPS) is 14.3. The highest BCUT2D eigenvalue weighted by Crippen LogP contribution is 2.18. The number of nitrogens with one attached hydrogen (secondary N) is 1. The number of benzene rings is 1. The highest BCUT2D eigenvalue weighted by Gasteiger charge is 2.19. The zero-order valence-electron chi connectivity index (χ0n) is 14.0. The van der Waals surface area contributed by atoms with E-state index in [-0.39, 0.29) is 17.0 Å². The number of rotatable bonds is 6. The van der Waals surface area contributed by atoms with Crippen molar-refractivity contribution in [3.05, 3.63) is 47.0 Å². The molecular formula is C17H21N3O4S. The fourth-order valence-corrected chi connectivity index (χ4v) is 4.31. The summed E-state index contributed by atoms with van der Waals surface area (Å²) in [5.41, 5.74) is 1.33. The van der Waals surface area contributed by atoms with Crippen molar-refractivity contribution < 1.29 is 18.3 Å². The molecule has 0 amide bonds. The van der Waals surface area contributed by atoms with Crippen LogP contribution in [0.1, 0.15) is 40.3 Å². The van der Waals surface area contributed by atoms with Gasteiger partial charge in [0.05, 0.1) is 16.2 Å². The Morgan fingerprint density at radius 3 is 2.88 bits per heavy atom. The Morgan fingerprint density at radius 2 is 2.16 bits per heavy atom. The van der Waals surface area contributed by atoms with Crippen LogP contribution < -0.4 is 4.72 Å². The molecule has 2 N–H and O–H groups in total. The molecule has 25 heavy (non-hydrogen) atoms. The van der Waals surface area contributed by atoms with Crippen molar-refractivity contribution in [2.75, 3.05) is 6.54 Å². The third-order valence-corrected chi connectivity index (χ3v) is 5.96. The van der Waals surface area contributed by atoms with Crippen LogP contribution in [0, 0.1) is 6.92 Å². The van der Waals surface area contributed by atoms with Gasteiger partial charge in [-0.2, -0.15) is 0 Å². The molecule has 0 unspecified atom stereocenters. The Kier molecular flexibility index (Phi) is 4.91. The number of aryl methyl sites for hydroxylation is 3. The van der Waals surface area contributed by atoms with Crippen LogP contribution in [-0.2, 0) is 29.4 Å². The van der Waals surface area contributed by atoms with E-state index in [9.17, 15) is 13.2 Å². The lowest BCUT2D eigenvalue weighted by Crippen LogP contribution is -2.27. The quantitative estimate of drug-likeness (QED) is 0.814. The smallest absolute Gasteiger partial charge is 0.335 e. The van der Waals surface area contributed by atoms with E-state index in [0.717, 1.165) is 37.3 Å². The molecule has 0 bridgehead atoms. The molecule has 0 saturated heterocycles. The lowest BCUT2D eigenvalue weighted by Gasteiger charge is -2.11. The summed E-state index contributed by atoms with van der Waals surface area (Å²) < 4.78 is 29.6. The SMILES string of the molecule is Cc1ccc(C(=O)O)cc1S(=O)(=O)NCCc1cn2c(n1)CCCC2. The predicted octanol–water partition coefficient (Wildman–Crippen LogP) is 1.75. The zero-order valence-corrected chi connectivity index (χ0v) is 14.8. The molecule has 0 radical (unpaired) electrons. The van der Waals surface area contributed by atoms with E-state index in [1.807, 2.05) is 6.20 Å². The van der Waals surface area contributed by atoms with Gasteiger partial charge in [-0.15, -0.1) is 0 Å². The molecule has 1 aromatic heterocycles. The minimum Gasteiger partial charge on any atom is -0.478 e. The van der Waals surface area contributed by atoms with Gasteiger partial charge in [0.25, 0.3) is 0 Å². The summed E-state index contributed by atoms with van der Waals surface area (Å²) in [5, 5.41) is 9.04. The minimum absolute atomic E-state index is 0.00321. The molecule has 0 saturated carbocycles. The third-order valence-electron chi connectivity index (χ3n) is 4.36. The maximum atomic E-state index is 12.5. The van der Waals surface area contributed by atoms with Crippen LogP contribution in [0.3, 0.4) is 0 Å². The number of aromatic nitrogens is 2. The summed E-state index contributed by atoms with van der Waals surface area (Å²) in [4.78, 5) is 15.6. The molecule has 3 rings (SSSR count). The molecule has 1 aliphatic rings. The van der Waals surface area contributed by atoms with Crippen LogP contribution in [0.4, 0.5) is 0 Å². The standard InChI is InChI=1S/C17H21N3O4S/c1-12-5-6-13(17(21)22)10-15(12)25(23,24)18-8-7-14-11-20-9-3-2-4-16(20)19-14/h5-6,10-11,18H,2-4,7-9H2,1H3,(H,21,22). The average Bonchev–Trinajstić information content (AvgIpc) is 2.97. The summed E-state index contributed by atoms with van der Waals surface area (Å²) >= 11 is 0. The van der Waals surface area contributed by atoms with Gasteiger partial charge in [-0.1, -0.05) is 6.07 Å². The summed E-state index contributed by atoms with van der Waals surface area (Å²) in [6.45, 7) is 2.83. The third kappa shape index (κ3) is 3.91. The van der Waals surface area contributed by atoms with E-state index in [4.69, 9.17) is 5.11 Å². The van der Waals surface area contributed by atoms with Gasteiger partial charge >= 0.3 is 5.97 Å². The Balaban J connectivity index is 1.69. The summed E-state index contributed by atoms with van der Waals surface area (Å²) in [6.07, 6.45) is 5.74. The van der Waals surface area contributed by atoms with Crippen molar-refractivity contribution in [2.45, 2.75) is 44.0 Å². The number of imidazole rings is 1. The van der Waals surface area contributed by atoms with Crippen LogP contribution in [0.15, 0.2) is 29.3 Å². The number of hydrogen-bond donors (Lipinski definition) is 2. The Labute approximate surface area is 146 Å². The minimum atomic E-state index is -3.77. The Morgan fingerprint density at radius 1 is 1.36 bits per heavy atom. The first-order chi connectivity index (χ1) is 11.9. The van der Waals surface area contributed by atoms with E-state index in [1.54, 1.807) is 6.92 Å². The number of carboxylic acid groups (broad SMARTS) is 1. The molecule has 0 spiro atoms. The molecule has 0 aliphatic carbocycles. The molecule has 1 aliphatic heterocycles. The van der Waals surface area contributed by atoms with Gasteiger partial charge in [0.2, 0.25) is 10.0 Å². The van der Waals surface area contributed by atoms with Gasteiger partial charge < -0.3 is 9.67 Å². The van der Waals surface area contributed by atoms with Gasteiger partial charge in [-0.25, -0.2) is 22.9 Å². The Hall–Kier alpha value is -2.19. The maximum Gasteiger partial charge on any atom is 0.335 e. The van der Waals surface area contributed by atoms with Crippen molar-refractivity contribution in [1.29, 1.82) is 0 Å². The first-order valence-electron chi connectivity index (χ1n) is 8.25. The van der Waals surface area contributed by atoms with Crippen molar-refractivity contribution >= 4 is 16.0 Å². The number of carbonyl (C=O) groups is 1. The highest BCUT2D eigenvalue weighted by molar-refractivity contribution is 7.89. The summed E-state index contributed by atoms with van der Waals surface area (Å²) in [6, 6.07) is 4.09. The summed E-state index contributed by atoms with van der Waals surface area (Å²) in [7, 11) is -3.77. The van der Waals surface area contributed by atoms with Crippen LogP contribution in [-0.4, -0.2) is 35.6 Å². The molecule has 2 aromatic rings. The topological polar surface area (TPSA) is 101 Å². The molecule has 2 heterocycles. The fourth-order valence-electron chi connectivity index (χ4n) is 3.01. The van der Waals surface area contributed by atoms with E-state index < -0.39 is 16.0 Å². The van der Waals surface area contributed by atoms with Gasteiger partial charge in [0, 0.05) is 32.1 Å². The molecular weight excluding hydrogens is 342 g/mol. The van der Waals surface area contributed by atoms with Crippen molar-refractivity contribution in [2.24, 2.45) is 0 Å². The second-order valence-corrected chi connectivity index (χ2v) is 7.97. The second-order valence-electron chi connectivity index (χ2n) is 6.23. The second kappa shape index (κ2) is 6.97.